The summed E-state index contributed by atoms with van der Waals surface area (Å²) in [5, 5.41) is 22.5. The minimum absolute atomic E-state index is 0.0883. The number of aromatic nitrogens is 3. The lowest BCUT2D eigenvalue weighted by Crippen LogP contribution is -2.23. The molecule has 4 rings (SSSR count). The molecule has 2 aromatic carbocycles. The Morgan fingerprint density at radius 2 is 2.00 bits per heavy atom. The van der Waals surface area contributed by atoms with Crippen LogP contribution in [-0.4, -0.2) is 32.2 Å². The zero-order valence-electron chi connectivity index (χ0n) is 16.7. The average molecular weight is 586 g/mol. The van der Waals surface area contributed by atoms with Crippen LogP contribution in [0.1, 0.15) is 26.8 Å². The van der Waals surface area contributed by atoms with E-state index in [0.29, 0.717) is 27.0 Å². The molecule has 3 N–H and O–H groups in total. The van der Waals surface area contributed by atoms with Gasteiger partial charge in [0.25, 0.3) is 5.91 Å². The lowest BCUT2D eigenvalue weighted by molar-refractivity contribution is 0.102. The number of nitrogens with one attached hydrogen (secondary N) is 2. The van der Waals surface area contributed by atoms with E-state index in [1.54, 1.807) is 23.6 Å². The molecule has 0 atom stereocenters. The molecule has 14 heteroatoms. The number of nitrogens with zero attached hydrogens (tertiary/aromatic N) is 4. The van der Waals surface area contributed by atoms with E-state index in [1.807, 2.05) is 5.48 Å². The molecule has 0 bridgehead atoms. The second-order valence-electron chi connectivity index (χ2n) is 6.59. The van der Waals surface area contributed by atoms with Crippen molar-refractivity contribution in [3.63, 3.8) is 0 Å². The quantitative estimate of drug-likeness (QED) is 0.152. The van der Waals surface area contributed by atoms with Crippen molar-refractivity contribution in [2.75, 3.05) is 5.32 Å². The fraction of sp³-hybridized carbons (Fsp3) is 0.0500. The van der Waals surface area contributed by atoms with Gasteiger partial charge in [0, 0.05) is 21.8 Å². The maximum absolute atomic E-state index is 13.5. The maximum Gasteiger partial charge on any atom is 0.276 e. The van der Waals surface area contributed by atoms with Gasteiger partial charge in [-0.25, -0.2) is 19.0 Å². The molecular formula is C20H12BrCl2FN6O3S. The van der Waals surface area contributed by atoms with Crippen LogP contribution in [0.5, 0.6) is 0 Å². The largest absolute Gasteiger partial charge is 0.300 e. The van der Waals surface area contributed by atoms with E-state index in [-0.39, 0.29) is 33.2 Å². The van der Waals surface area contributed by atoms with Gasteiger partial charge in [-0.1, -0.05) is 29.3 Å². The first-order valence-corrected chi connectivity index (χ1v) is 11.7. The minimum atomic E-state index is -0.591. The molecule has 0 saturated heterocycles. The lowest BCUT2D eigenvalue weighted by atomic mass is 10.1. The van der Waals surface area contributed by atoms with Gasteiger partial charge in [0.1, 0.15) is 11.5 Å². The molecule has 0 aliphatic rings. The highest BCUT2D eigenvalue weighted by Crippen LogP contribution is 2.28. The molecular weight excluding hydrogens is 574 g/mol. The molecule has 0 unspecified atom stereocenters. The van der Waals surface area contributed by atoms with E-state index in [9.17, 15) is 14.4 Å². The second-order valence-corrected chi connectivity index (χ2v) is 9.20. The van der Waals surface area contributed by atoms with Crippen molar-refractivity contribution in [2.24, 2.45) is 4.99 Å². The summed E-state index contributed by atoms with van der Waals surface area (Å²) in [6, 6.07) is 9.15. The van der Waals surface area contributed by atoms with Crippen LogP contribution in [0.4, 0.5) is 15.9 Å². The van der Waals surface area contributed by atoms with Crippen LogP contribution in [-0.2, 0) is 6.42 Å². The van der Waals surface area contributed by atoms with Crippen molar-refractivity contribution in [3.05, 3.63) is 84.1 Å². The molecule has 2 aromatic heterocycles. The first kappa shape index (κ1) is 24.2. The van der Waals surface area contributed by atoms with Gasteiger partial charge < -0.3 is 5.32 Å². The van der Waals surface area contributed by atoms with Crippen LogP contribution in [0.15, 0.2) is 55.9 Å². The Morgan fingerprint density at radius 3 is 2.71 bits per heavy atom. The van der Waals surface area contributed by atoms with Crippen LogP contribution in [0.2, 0.25) is 10.0 Å². The number of hydrogen-bond acceptors (Lipinski definition) is 8. The number of anilines is 1. The molecule has 4 aromatic rings. The van der Waals surface area contributed by atoms with Gasteiger partial charge >= 0.3 is 0 Å². The first-order chi connectivity index (χ1) is 16.4. The summed E-state index contributed by atoms with van der Waals surface area (Å²) < 4.78 is 18.3. The van der Waals surface area contributed by atoms with Crippen molar-refractivity contribution >= 4 is 73.7 Å². The van der Waals surface area contributed by atoms with Crippen molar-refractivity contribution in [1.82, 2.24) is 20.8 Å². The molecule has 0 saturated carbocycles. The monoisotopic (exact) mass is 584 g/mol. The van der Waals surface area contributed by atoms with Crippen LogP contribution in [0.3, 0.4) is 0 Å². The summed E-state index contributed by atoms with van der Waals surface area (Å²) in [4.78, 5) is 21.2. The van der Waals surface area contributed by atoms with Gasteiger partial charge in [0.05, 0.1) is 15.2 Å². The number of benzene rings is 2. The first-order valence-electron chi connectivity index (χ1n) is 9.31. The molecule has 0 radical (unpaired) electrons. The zero-order chi connectivity index (χ0) is 24.2. The molecule has 2 heterocycles. The third kappa shape index (κ3) is 5.42. The average Bonchev–Trinajstić information content (AvgIpc) is 3.47. The van der Waals surface area contributed by atoms with Crippen LogP contribution in [0.25, 0.3) is 0 Å². The van der Waals surface area contributed by atoms with Gasteiger partial charge in [0.15, 0.2) is 11.5 Å². The predicted molar refractivity (Wildman–Crippen MR) is 129 cm³/mol. The van der Waals surface area contributed by atoms with Crippen molar-refractivity contribution in [1.29, 1.82) is 0 Å². The van der Waals surface area contributed by atoms with E-state index in [2.05, 4.69) is 41.5 Å². The summed E-state index contributed by atoms with van der Waals surface area (Å²) in [6.07, 6.45) is 0.353. The number of aliphatic imine (C=N–C) groups is 1. The molecule has 34 heavy (non-hydrogen) atoms. The second kappa shape index (κ2) is 10.6. The number of halogens is 4. The normalized spacial score (nSPS) is 11.5. The smallest absolute Gasteiger partial charge is 0.276 e. The van der Waals surface area contributed by atoms with Crippen LogP contribution in [0, 0.1) is 5.82 Å². The number of hydroxylamine groups is 1. The van der Waals surface area contributed by atoms with Crippen molar-refractivity contribution < 1.29 is 19.0 Å². The molecule has 9 nitrogen and oxygen atoms in total. The summed E-state index contributed by atoms with van der Waals surface area (Å²) in [7, 11) is 0. The van der Waals surface area contributed by atoms with Crippen LogP contribution >= 0.6 is 50.5 Å². The molecule has 0 fully saturated rings. The van der Waals surface area contributed by atoms with E-state index >= 15 is 0 Å². The highest BCUT2D eigenvalue weighted by Gasteiger charge is 2.21. The number of carbonyl (C=O) groups is 1. The minimum Gasteiger partial charge on any atom is -0.300 e. The summed E-state index contributed by atoms with van der Waals surface area (Å²) in [5.41, 5.74) is 2.89. The third-order valence-corrected chi connectivity index (χ3v) is 6.53. The van der Waals surface area contributed by atoms with Gasteiger partial charge in [-0.15, -0.1) is 11.3 Å². The van der Waals surface area contributed by atoms with Gasteiger partial charge in [-0.05, 0) is 62.1 Å². The SMILES string of the molecule is O=C(Nc1nonc1C(=Nc1ccc(F)c(Br)c1)NO)c1csc(Cc2c(Cl)cccc2Cl)n1. The van der Waals surface area contributed by atoms with E-state index in [0.717, 1.165) is 0 Å². The van der Waals surface area contributed by atoms with Gasteiger partial charge in [0.2, 0.25) is 5.82 Å². The zero-order valence-corrected chi connectivity index (χ0v) is 20.6. The van der Waals surface area contributed by atoms with Crippen molar-refractivity contribution in [3.8, 4) is 0 Å². The number of rotatable bonds is 6. The standard InChI is InChI=1S/C20H12BrCl2FN6O3S/c21-11-6-9(4-5-14(11)24)25-18(28-32)17-19(30-33-29-17)27-20(31)15-8-34-16(26-15)7-10-12(22)2-1-3-13(10)23/h1-6,8,32H,7H2,(H,25,28)(H,27,30,31). The molecule has 1 amide bonds. The topological polar surface area (TPSA) is 126 Å². The Morgan fingerprint density at radius 1 is 1.24 bits per heavy atom. The summed E-state index contributed by atoms with van der Waals surface area (Å²) in [5.74, 6) is -1.38. The van der Waals surface area contributed by atoms with E-state index < -0.39 is 11.7 Å². The highest BCUT2D eigenvalue weighted by atomic mass is 79.9. The Kier molecular flexibility index (Phi) is 7.54. The molecule has 174 valence electrons. The fourth-order valence-electron chi connectivity index (χ4n) is 2.76. The summed E-state index contributed by atoms with van der Waals surface area (Å²) >= 11 is 16.7. The number of hydrogen-bond donors (Lipinski definition) is 3. The maximum atomic E-state index is 13.5. The van der Waals surface area contributed by atoms with E-state index in [4.69, 9.17) is 27.8 Å². The number of carbonyl (C=O) groups excluding carboxylic acids is 1. The predicted octanol–water partition coefficient (Wildman–Crippen LogP) is 5.63. The molecule has 0 aliphatic heterocycles. The Bertz CT molecular complexity index is 1380. The number of thiazole rings is 1. The molecule has 0 aliphatic carbocycles. The Hall–Kier alpha value is -2.90. The van der Waals surface area contributed by atoms with E-state index in [1.165, 1.54) is 29.5 Å². The number of amidine groups is 1. The van der Waals surface area contributed by atoms with Crippen LogP contribution < -0.4 is 10.8 Å². The lowest BCUT2D eigenvalue weighted by Gasteiger charge is -2.05. The Balaban J connectivity index is 1.52. The third-order valence-electron chi connectivity index (χ3n) is 4.37. The Labute approximate surface area is 213 Å². The van der Waals surface area contributed by atoms with Gasteiger partial charge in [-0.2, -0.15) is 0 Å². The number of amides is 1. The fourth-order valence-corrected chi connectivity index (χ4v) is 4.44. The highest BCUT2D eigenvalue weighted by molar-refractivity contribution is 9.10. The van der Waals surface area contributed by atoms with Crippen molar-refractivity contribution in [2.45, 2.75) is 6.42 Å². The molecule has 0 spiro atoms. The summed E-state index contributed by atoms with van der Waals surface area (Å²) in [6.45, 7) is 0. The van der Waals surface area contributed by atoms with Gasteiger partial charge in [-0.3, -0.25) is 15.5 Å².